The van der Waals surface area contributed by atoms with Crippen LogP contribution in [0, 0.1) is 5.41 Å². The number of hydrogen-bond donors (Lipinski definition) is 0. The van der Waals surface area contributed by atoms with Crippen molar-refractivity contribution < 1.29 is 4.79 Å². The topological polar surface area (TPSA) is 40.9 Å². The minimum absolute atomic E-state index is 0.334. The fourth-order valence-electron chi connectivity index (χ4n) is 4.00. The zero-order chi connectivity index (χ0) is 20.2. The predicted molar refractivity (Wildman–Crippen MR) is 120 cm³/mol. The van der Waals surface area contributed by atoms with Gasteiger partial charge in [0, 0.05) is 5.41 Å². The zero-order valence-electron chi connectivity index (χ0n) is 19.1. The Balaban J connectivity index is 3.62. The maximum Gasteiger partial charge on any atom is 0.244 e. The number of carbonyl (C=O) groups excluding carboxylic acids is 1. The molecule has 0 aromatic carbocycles. The van der Waals surface area contributed by atoms with E-state index in [1.54, 1.807) is 0 Å². The molecule has 2 heteroatoms. The van der Waals surface area contributed by atoms with Crippen molar-refractivity contribution in [2.75, 3.05) is 0 Å². The van der Waals surface area contributed by atoms with Gasteiger partial charge in [-0.25, -0.2) is 0 Å². The molecule has 0 aromatic heterocycles. The summed E-state index contributed by atoms with van der Waals surface area (Å²) >= 11 is 0. The lowest BCUT2D eigenvalue weighted by Crippen LogP contribution is -2.28. The SMILES string of the molecule is CCCCCCCCCCCCCCC(C)(CCCCCCCC)C([NH])=O. The third-order valence-electron chi connectivity index (χ3n) is 6.21. The van der Waals surface area contributed by atoms with Crippen LogP contribution in [0.1, 0.15) is 149 Å². The molecule has 1 amide bonds. The molecule has 1 atom stereocenters. The number of hydrogen-bond acceptors (Lipinski definition) is 1. The summed E-state index contributed by atoms with van der Waals surface area (Å²) in [6.07, 6.45) is 25.6. The first kappa shape index (κ1) is 26.5. The highest BCUT2D eigenvalue weighted by atomic mass is 16.1. The first-order chi connectivity index (χ1) is 13.1. The van der Waals surface area contributed by atoms with E-state index in [0.29, 0.717) is 0 Å². The van der Waals surface area contributed by atoms with Crippen LogP contribution in [-0.2, 0) is 4.79 Å². The van der Waals surface area contributed by atoms with E-state index < -0.39 is 0 Å². The zero-order valence-corrected chi connectivity index (χ0v) is 19.1. The van der Waals surface area contributed by atoms with Crippen molar-refractivity contribution >= 4 is 5.91 Å². The van der Waals surface area contributed by atoms with Crippen LogP contribution in [0.5, 0.6) is 0 Å². The van der Waals surface area contributed by atoms with Gasteiger partial charge < -0.3 is 0 Å². The van der Waals surface area contributed by atoms with E-state index in [-0.39, 0.29) is 11.3 Å². The molecule has 0 aliphatic carbocycles. The van der Waals surface area contributed by atoms with Gasteiger partial charge in [-0.2, -0.15) is 0 Å². The Bertz CT molecular complexity index is 328. The highest BCUT2D eigenvalue weighted by Gasteiger charge is 2.30. The first-order valence-corrected chi connectivity index (χ1v) is 12.3. The summed E-state index contributed by atoms with van der Waals surface area (Å²) in [5, 5.41) is 0. The highest BCUT2D eigenvalue weighted by Crippen LogP contribution is 2.31. The molecule has 1 radical (unpaired) electrons. The Hall–Kier alpha value is -0.530. The monoisotopic (exact) mass is 380 g/mol. The average molecular weight is 381 g/mol. The third-order valence-corrected chi connectivity index (χ3v) is 6.21. The summed E-state index contributed by atoms with van der Waals surface area (Å²) < 4.78 is 0. The molecular weight excluding hydrogens is 330 g/mol. The first-order valence-electron chi connectivity index (χ1n) is 12.3. The number of unbranched alkanes of at least 4 members (excludes halogenated alkanes) is 16. The number of carbonyl (C=O) groups is 1. The molecule has 161 valence electrons. The van der Waals surface area contributed by atoms with Gasteiger partial charge in [-0.15, -0.1) is 0 Å². The van der Waals surface area contributed by atoms with Crippen LogP contribution in [0.4, 0.5) is 0 Å². The molecule has 0 aliphatic heterocycles. The second-order valence-electron chi connectivity index (χ2n) is 9.05. The Morgan fingerprint density at radius 3 is 1.07 bits per heavy atom. The van der Waals surface area contributed by atoms with Gasteiger partial charge in [0.25, 0.3) is 0 Å². The maximum atomic E-state index is 11.8. The van der Waals surface area contributed by atoms with Gasteiger partial charge in [0.2, 0.25) is 5.91 Å². The third kappa shape index (κ3) is 16.2. The predicted octanol–water partition coefficient (Wildman–Crippen LogP) is 8.64. The number of nitrogens with one attached hydrogen (secondary N) is 1. The van der Waals surface area contributed by atoms with Gasteiger partial charge in [0.05, 0.1) is 0 Å². The summed E-state index contributed by atoms with van der Waals surface area (Å²) in [4.78, 5) is 11.8. The second kappa shape index (κ2) is 18.8. The van der Waals surface area contributed by atoms with Crippen LogP contribution in [0.15, 0.2) is 0 Å². The van der Waals surface area contributed by atoms with Crippen molar-refractivity contribution in [2.24, 2.45) is 5.41 Å². The molecule has 1 N–H and O–H groups in total. The molecular formula is C25H50NO. The van der Waals surface area contributed by atoms with Gasteiger partial charge in [-0.05, 0) is 12.8 Å². The quantitative estimate of drug-likeness (QED) is 0.184. The standard InChI is InChI=1S/C25H50NO/c1-4-6-8-10-12-13-14-15-16-17-19-21-23-25(3,24(26)27)22-20-18-11-9-7-5-2/h26H,4-23H2,1-3H3. The summed E-state index contributed by atoms with van der Waals surface area (Å²) in [5.41, 5.74) is 7.31. The van der Waals surface area contributed by atoms with Gasteiger partial charge in [-0.3, -0.25) is 10.5 Å². The van der Waals surface area contributed by atoms with Crippen LogP contribution in [0.25, 0.3) is 0 Å². The molecule has 0 bridgehead atoms. The molecule has 0 aromatic rings. The van der Waals surface area contributed by atoms with Crippen LogP contribution in [0.3, 0.4) is 0 Å². The van der Waals surface area contributed by atoms with Crippen LogP contribution in [-0.4, -0.2) is 5.91 Å². The second-order valence-corrected chi connectivity index (χ2v) is 9.05. The molecule has 0 aliphatic rings. The summed E-state index contributed by atoms with van der Waals surface area (Å²) in [6.45, 7) is 6.55. The fourth-order valence-corrected chi connectivity index (χ4v) is 4.00. The largest absolute Gasteiger partial charge is 0.273 e. The van der Waals surface area contributed by atoms with Gasteiger partial charge in [0.15, 0.2) is 0 Å². The van der Waals surface area contributed by atoms with E-state index >= 15 is 0 Å². The molecule has 0 saturated heterocycles. The summed E-state index contributed by atoms with van der Waals surface area (Å²) in [6, 6.07) is 0. The molecule has 0 heterocycles. The lowest BCUT2D eigenvalue weighted by atomic mass is 9.79. The Kier molecular flexibility index (Phi) is 18.4. The molecule has 2 nitrogen and oxygen atoms in total. The van der Waals surface area contributed by atoms with E-state index in [9.17, 15) is 4.79 Å². The van der Waals surface area contributed by atoms with Gasteiger partial charge in [-0.1, -0.05) is 136 Å². The van der Waals surface area contributed by atoms with E-state index in [0.717, 1.165) is 25.7 Å². The highest BCUT2D eigenvalue weighted by molar-refractivity contribution is 5.79. The van der Waals surface area contributed by atoms with Gasteiger partial charge in [0.1, 0.15) is 0 Å². The fraction of sp³-hybridized carbons (Fsp3) is 0.960. The lowest BCUT2D eigenvalue weighted by molar-refractivity contribution is -0.128. The van der Waals surface area contributed by atoms with Crippen molar-refractivity contribution in [2.45, 2.75) is 149 Å². The minimum atomic E-state index is -0.386. The van der Waals surface area contributed by atoms with E-state index in [4.69, 9.17) is 5.73 Å². The van der Waals surface area contributed by atoms with Crippen LogP contribution < -0.4 is 5.73 Å². The van der Waals surface area contributed by atoms with Crippen molar-refractivity contribution in [3.05, 3.63) is 0 Å². The smallest absolute Gasteiger partial charge is 0.244 e. The lowest BCUT2D eigenvalue weighted by Gasteiger charge is -2.25. The maximum absolute atomic E-state index is 11.8. The van der Waals surface area contributed by atoms with Crippen molar-refractivity contribution in [1.82, 2.24) is 5.73 Å². The van der Waals surface area contributed by atoms with Gasteiger partial charge >= 0.3 is 0 Å². The molecule has 0 fully saturated rings. The summed E-state index contributed by atoms with van der Waals surface area (Å²) in [7, 11) is 0. The Morgan fingerprint density at radius 1 is 0.556 bits per heavy atom. The van der Waals surface area contributed by atoms with Crippen LogP contribution in [0.2, 0.25) is 0 Å². The van der Waals surface area contributed by atoms with E-state index in [1.165, 1.54) is 103 Å². The van der Waals surface area contributed by atoms with Crippen molar-refractivity contribution in [1.29, 1.82) is 0 Å². The minimum Gasteiger partial charge on any atom is -0.273 e. The average Bonchev–Trinajstić information content (AvgIpc) is 2.65. The number of rotatable bonds is 21. The molecule has 0 spiro atoms. The van der Waals surface area contributed by atoms with Crippen molar-refractivity contribution in [3.8, 4) is 0 Å². The van der Waals surface area contributed by atoms with E-state index in [2.05, 4.69) is 13.8 Å². The Labute approximate surface area is 171 Å². The molecule has 27 heavy (non-hydrogen) atoms. The van der Waals surface area contributed by atoms with E-state index in [1.807, 2.05) is 6.92 Å². The van der Waals surface area contributed by atoms with Crippen molar-refractivity contribution in [3.63, 3.8) is 0 Å². The molecule has 0 rings (SSSR count). The number of amides is 1. The normalized spacial score (nSPS) is 13.6. The van der Waals surface area contributed by atoms with Crippen LogP contribution >= 0.6 is 0 Å². The molecule has 0 saturated carbocycles. The molecule has 1 unspecified atom stereocenters. The Morgan fingerprint density at radius 2 is 0.815 bits per heavy atom. The summed E-state index contributed by atoms with van der Waals surface area (Å²) in [5.74, 6) is -0.334.